The number of hydrogen-bond acceptors (Lipinski definition) is 4. The van der Waals surface area contributed by atoms with E-state index in [0.717, 1.165) is 38.0 Å². The van der Waals surface area contributed by atoms with Crippen LogP contribution in [0.2, 0.25) is 0 Å². The molecule has 0 bridgehead atoms. The highest BCUT2D eigenvalue weighted by Crippen LogP contribution is 2.18. The van der Waals surface area contributed by atoms with Crippen LogP contribution in [0.1, 0.15) is 41.6 Å². The molecule has 1 aromatic heterocycles. The fourth-order valence-electron chi connectivity index (χ4n) is 2.80. The molecule has 0 atom stereocenters. The van der Waals surface area contributed by atoms with Crippen LogP contribution in [0.5, 0.6) is 0 Å². The highest BCUT2D eigenvalue weighted by molar-refractivity contribution is 5.93. The van der Waals surface area contributed by atoms with Gasteiger partial charge in [-0.2, -0.15) is 0 Å². The molecule has 5 heteroatoms. The number of likely N-dealkylation sites (tertiary alicyclic amines) is 1. The van der Waals surface area contributed by atoms with Gasteiger partial charge in [-0.15, -0.1) is 0 Å². The monoisotopic (exact) mass is 310 g/mol. The molecule has 120 valence electrons. The largest absolute Gasteiger partial charge is 0.340 e. The SMILES string of the molecule is CCc1ccc(Nc2cc(C(=O)N3CCCC3)nc(C)n2)cc1. The molecule has 1 N–H and O–H groups in total. The Balaban J connectivity index is 1.80. The minimum absolute atomic E-state index is 0.00243. The van der Waals surface area contributed by atoms with Crippen LogP contribution in [0.3, 0.4) is 0 Å². The molecule has 0 unspecified atom stereocenters. The summed E-state index contributed by atoms with van der Waals surface area (Å²) in [5.41, 5.74) is 2.71. The molecule has 0 aliphatic carbocycles. The predicted octanol–water partition coefficient (Wildman–Crippen LogP) is 3.33. The number of nitrogens with one attached hydrogen (secondary N) is 1. The molecule has 23 heavy (non-hydrogen) atoms. The number of carbonyl (C=O) groups is 1. The normalized spacial score (nSPS) is 14.1. The molecule has 1 fully saturated rings. The summed E-state index contributed by atoms with van der Waals surface area (Å²) in [7, 11) is 0. The van der Waals surface area contributed by atoms with E-state index in [9.17, 15) is 4.79 Å². The fraction of sp³-hybridized carbons (Fsp3) is 0.389. The van der Waals surface area contributed by atoms with Crippen molar-refractivity contribution < 1.29 is 4.79 Å². The lowest BCUT2D eigenvalue weighted by Gasteiger charge is -2.15. The van der Waals surface area contributed by atoms with Crippen molar-refractivity contribution in [3.63, 3.8) is 0 Å². The summed E-state index contributed by atoms with van der Waals surface area (Å²) in [5, 5.41) is 3.26. The van der Waals surface area contributed by atoms with Gasteiger partial charge in [-0.05, 0) is 43.9 Å². The molecule has 1 amide bonds. The van der Waals surface area contributed by atoms with Crippen LogP contribution in [0.4, 0.5) is 11.5 Å². The van der Waals surface area contributed by atoms with Gasteiger partial charge in [0.05, 0.1) is 0 Å². The first-order valence-corrected chi connectivity index (χ1v) is 8.16. The number of hydrogen-bond donors (Lipinski definition) is 1. The van der Waals surface area contributed by atoms with E-state index < -0.39 is 0 Å². The fourth-order valence-corrected chi connectivity index (χ4v) is 2.80. The van der Waals surface area contributed by atoms with Gasteiger partial charge in [0.25, 0.3) is 5.91 Å². The first-order chi connectivity index (χ1) is 11.2. The van der Waals surface area contributed by atoms with Gasteiger partial charge in [-0.1, -0.05) is 19.1 Å². The van der Waals surface area contributed by atoms with Gasteiger partial charge >= 0.3 is 0 Å². The Labute approximate surface area is 136 Å². The molecule has 1 aliphatic heterocycles. The lowest BCUT2D eigenvalue weighted by atomic mass is 10.1. The quantitative estimate of drug-likeness (QED) is 0.941. The summed E-state index contributed by atoms with van der Waals surface area (Å²) < 4.78 is 0. The second-order valence-electron chi connectivity index (χ2n) is 5.86. The van der Waals surface area contributed by atoms with E-state index >= 15 is 0 Å². The van der Waals surface area contributed by atoms with Crippen molar-refractivity contribution in [2.75, 3.05) is 18.4 Å². The molecule has 2 heterocycles. The molecule has 1 saturated heterocycles. The number of benzene rings is 1. The van der Waals surface area contributed by atoms with Gasteiger partial charge in [0, 0.05) is 24.8 Å². The van der Waals surface area contributed by atoms with Crippen LogP contribution in [-0.4, -0.2) is 33.9 Å². The Kier molecular flexibility index (Phi) is 4.55. The highest BCUT2D eigenvalue weighted by Gasteiger charge is 2.21. The average Bonchev–Trinajstić information content (AvgIpc) is 3.09. The summed E-state index contributed by atoms with van der Waals surface area (Å²) in [4.78, 5) is 23.1. The zero-order valence-corrected chi connectivity index (χ0v) is 13.7. The first kappa shape index (κ1) is 15.5. The van der Waals surface area contributed by atoms with Crippen molar-refractivity contribution in [3.8, 4) is 0 Å². The van der Waals surface area contributed by atoms with Crippen molar-refractivity contribution in [2.24, 2.45) is 0 Å². The first-order valence-electron chi connectivity index (χ1n) is 8.16. The average molecular weight is 310 g/mol. The third kappa shape index (κ3) is 3.67. The summed E-state index contributed by atoms with van der Waals surface area (Å²) in [6.07, 6.45) is 3.16. The third-order valence-electron chi connectivity index (χ3n) is 4.08. The predicted molar refractivity (Wildman–Crippen MR) is 91.0 cm³/mol. The maximum atomic E-state index is 12.5. The number of aryl methyl sites for hydroxylation is 2. The van der Waals surface area contributed by atoms with E-state index in [1.807, 2.05) is 24.0 Å². The molecule has 2 aromatic rings. The number of aromatic nitrogens is 2. The minimum Gasteiger partial charge on any atom is -0.340 e. The summed E-state index contributed by atoms with van der Waals surface area (Å²) >= 11 is 0. The van der Waals surface area contributed by atoms with Crippen molar-refractivity contribution in [1.82, 2.24) is 14.9 Å². The number of anilines is 2. The Morgan fingerprint density at radius 1 is 1.17 bits per heavy atom. The van der Waals surface area contributed by atoms with E-state index in [0.29, 0.717) is 17.3 Å². The third-order valence-corrected chi connectivity index (χ3v) is 4.08. The summed E-state index contributed by atoms with van der Waals surface area (Å²) in [5.74, 6) is 1.25. The Bertz CT molecular complexity index is 691. The summed E-state index contributed by atoms with van der Waals surface area (Å²) in [6.45, 7) is 5.59. The second kappa shape index (κ2) is 6.77. The molecule has 3 rings (SSSR count). The zero-order valence-electron chi connectivity index (χ0n) is 13.7. The molecular formula is C18H22N4O. The van der Waals surface area contributed by atoms with Gasteiger partial charge in [0.15, 0.2) is 0 Å². The second-order valence-corrected chi connectivity index (χ2v) is 5.86. The van der Waals surface area contributed by atoms with Gasteiger partial charge < -0.3 is 10.2 Å². The highest BCUT2D eigenvalue weighted by atomic mass is 16.2. The minimum atomic E-state index is -0.00243. The van der Waals surface area contributed by atoms with Crippen LogP contribution < -0.4 is 5.32 Å². The van der Waals surface area contributed by atoms with Crippen molar-refractivity contribution in [2.45, 2.75) is 33.1 Å². The van der Waals surface area contributed by atoms with E-state index in [1.54, 1.807) is 6.07 Å². The smallest absolute Gasteiger partial charge is 0.272 e. The maximum absolute atomic E-state index is 12.5. The number of rotatable bonds is 4. The molecule has 5 nitrogen and oxygen atoms in total. The topological polar surface area (TPSA) is 58.1 Å². The molecule has 0 radical (unpaired) electrons. The van der Waals surface area contributed by atoms with E-state index in [1.165, 1.54) is 5.56 Å². The lowest BCUT2D eigenvalue weighted by Crippen LogP contribution is -2.28. The van der Waals surface area contributed by atoms with Gasteiger partial charge in [0.1, 0.15) is 17.3 Å². The van der Waals surface area contributed by atoms with Crippen LogP contribution in [0, 0.1) is 6.92 Å². The zero-order chi connectivity index (χ0) is 16.2. The number of amides is 1. The van der Waals surface area contributed by atoms with Gasteiger partial charge in [-0.3, -0.25) is 4.79 Å². The van der Waals surface area contributed by atoms with Gasteiger partial charge in [-0.25, -0.2) is 9.97 Å². The van der Waals surface area contributed by atoms with E-state index in [-0.39, 0.29) is 5.91 Å². The Hall–Kier alpha value is -2.43. The summed E-state index contributed by atoms with van der Waals surface area (Å²) in [6, 6.07) is 9.97. The number of nitrogens with zero attached hydrogens (tertiary/aromatic N) is 3. The lowest BCUT2D eigenvalue weighted by molar-refractivity contribution is 0.0786. The molecule has 0 spiro atoms. The van der Waals surface area contributed by atoms with Gasteiger partial charge in [0.2, 0.25) is 0 Å². The Morgan fingerprint density at radius 2 is 1.87 bits per heavy atom. The standard InChI is InChI=1S/C18H22N4O/c1-3-14-6-8-15(9-7-14)21-17-12-16(19-13(2)20-17)18(23)22-10-4-5-11-22/h6-9,12H,3-5,10-11H2,1-2H3,(H,19,20,21). The van der Waals surface area contributed by atoms with Crippen LogP contribution in [-0.2, 0) is 6.42 Å². The van der Waals surface area contributed by atoms with Crippen LogP contribution >= 0.6 is 0 Å². The molecule has 1 aliphatic rings. The Morgan fingerprint density at radius 3 is 2.52 bits per heavy atom. The maximum Gasteiger partial charge on any atom is 0.272 e. The van der Waals surface area contributed by atoms with Crippen LogP contribution in [0.15, 0.2) is 30.3 Å². The van der Waals surface area contributed by atoms with Crippen molar-refractivity contribution >= 4 is 17.4 Å². The van der Waals surface area contributed by atoms with E-state index in [4.69, 9.17) is 0 Å². The molecule has 1 aromatic carbocycles. The van der Waals surface area contributed by atoms with Crippen LogP contribution in [0.25, 0.3) is 0 Å². The number of carbonyl (C=O) groups excluding carboxylic acids is 1. The molecule has 0 saturated carbocycles. The van der Waals surface area contributed by atoms with Crippen molar-refractivity contribution in [3.05, 3.63) is 47.4 Å². The van der Waals surface area contributed by atoms with Crippen molar-refractivity contribution in [1.29, 1.82) is 0 Å². The van der Waals surface area contributed by atoms with E-state index in [2.05, 4.69) is 34.3 Å². The molecular weight excluding hydrogens is 288 g/mol.